The summed E-state index contributed by atoms with van der Waals surface area (Å²) in [5, 5.41) is 3.62. The van der Waals surface area contributed by atoms with Crippen molar-refractivity contribution in [2.45, 2.75) is 52.0 Å². The molecule has 1 fully saturated rings. The van der Waals surface area contributed by atoms with Crippen molar-refractivity contribution < 1.29 is 0 Å². The second-order valence-corrected chi connectivity index (χ2v) is 5.45. The highest BCUT2D eigenvalue weighted by Gasteiger charge is 2.12. The Bertz CT molecular complexity index is 151. The Morgan fingerprint density at radius 2 is 2.13 bits per heavy atom. The Labute approximate surface area is 95.4 Å². The summed E-state index contributed by atoms with van der Waals surface area (Å²) in [6.45, 7) is 8.32. The van der Waals surface area contributed by atoms with E-state index < -0.39 is 0 Å². The zero-order chi connectivity index (χ0) is 11.1. The first-order valence-electron chi connectivity index (χ1n) is 6.60. The van der Waals surface area contributed by atoms with Crippen LogP contribution in [0.4, 0.5) is 0 Å². The third-order valence-electron chi connectivity index (χ3n) is 3.18. The average Bonchev–Trinajstić information content (AvgIpc) is 2.18. The maximum Gasteiger partial charge on any atom is 0.00675 e. The van der Waals surface area contributed by atoms with Crippen LogP contribution >= 0.6 is 0 Å². The molecule has 1 saturated heterocycles. The Morgan fingerprint density at radius 1 is 1.33 bits per heavy atom. The zero-order valence-corrected chi connectivity index (χ0v) is 10.8. The van der Waals surface area contributed by atoms with Crippen LogP contribution in [0.2, 0.25) is 0 Å². The van der Waals surface area contributed by atoms with Gasteiger partial charge in [0.2, 0.25) is 0 Å². The highest BCUT2D eigenvalue weighted by atomic mass is 15.1. The van der Waals surface area contributed by atoms with Crippen LogP contribution in [-0.4, -0.2) is 37.6 Å². The number of nitrogens with one attached hydrogen (secondary N) is 1. The van der Waals surface area contributed by atoms with Gasteiger partial charge in [-0.15, -0.1) is 0 Å². The zero-order valence-electron chi connectivity index (χ0n) is 10.8. The van der Waals surface area contributed by atoms with Crippen LogP contribution in [0.5, 0.6) is 0 Å². The lowest BCUT2D eigenvalue weighted by Crippen LogP contribution is -2.34. The van der Waals surface area contributed by atoms with Gasteiger partial charge in [-0.2, -0.15) is 0 Å². The first-order chi connectivity index (χ1) is 7.18. The first-order valence-corrected chi connectivity index (χ1v) is 6.60. The molecule has 0 aliphatic carbocycles. The third kappa shape index (κ3) is 6.16. The molecule has 1 unspecified atom stereocenters. The second-order valence-electron chi connectivity index (χ2n) is 5.45. The monoisotopic (exact) mass is 212 g/mol. The van der Waals surface area contributed by atoms with E-state index in [4.69, 9.17) is 0 Å². The fourth-order valence-electron chi connectivity index (χ4n) is 2.49. The molecule has 0 aromatic heterocycles. The van der Waals surface area contributed by atoms with Crippen LogP contribution < -0.4 is 5.32 Å². The number of nitrogens with zero attached hydrogens (tertiary/aromatic N) is 1. The predicted octanol–water partition coefficient (Wildman–Crippen LogP) is 2.50. The molecule has 1 N–H and O–H groups in total. The van der Waals surface area contributed by atoms with Gasteiger partial charge in [-0.3, -0.25) is 0 Å². The minimum absolute atomic E-state index is 0.794. The predicted molar refractivity (Wildman–Crippen MR) is 67.2 cm³/mol. The highest BCUT2D eigenvalue weighted by Crippen LogP contribution is 2.12. The largest absolute Gasteiger partial charge is 0.314 e. The molecule has 90 valence electrons. The van der Waals surface area contributed by atoms with E-state index in [1.807, 2.05) is 0 Å². The maximum absolute atomic E-state index is 3.62. The van der Waals surface area contributed by atoms with Gasteiger partial charge in [0.25, 0.3) is 0 Å². The normalized spacial score (nSPS) is 22.6. The molecule has 0 aromatic rings. The van der Waals surface area contributed by atoms with Crippen LogP contribution in [0.3, 0.4) is 0 Å². The molecule has 0 aromatic carbocycles. The second kappa shape index (κ2) is 7.24. The number of hydrogen-bond acceptors (Lipinski definition) is 2. The fraction of sp³-hybridized carbons (Fsp3) is 1.00. The van der Waals surface area contributed by atoms with Gasteiger partial charge in [0.05, 0.1) is 0 Å². The van der Waals surface area contributed by atoms with Gasteiger partial charge >= 0.3 is 0 Å². The van der Waals surface area contributed by atoms with E-state index in [-0.39, 0.29) is 0 Å². The van der Waals surface area contributed by atoms with Gasteiger partial charge in [0.1, 0.15) is 0 Å². The summed E-state index contributed by atoms with van der Waals surface area (Å²) in [5.74, 6) is 0.794. The van der Waals surface area contributed by atoms with Gasteiger partial charge in [-0.05, 0) is 51.7 Å². The van der Waals surface area contributed by atoms with Gasteiger partial charge in [0, 0.05) is 12.6 Å². The molecule has 0 spiro atoms. The number of rotatable bonds is 6. The molecule has 0 bridgehead atoms. The summed E-state index contributed by atoms with van der Waals surface area (Å²) in [7, 11) is 2.24. The molecule has 0 amide bonds. The van der Waals surface area contributed by atoms with Crippen molar-refractivity contribution >= 4 is 0 Å². The number of hydrogen-bond donors (Lipinski definition) is 1. The minimum atomic E-state index is 0.794. The molecule has 2 heteroatoms. The molecule has 15 heavy (non-hydrogen) atoms. The van der Waals surface area contributed by atoms with Crippen molar-refractivity contribution in [2.75, 3.05) is 26.7 Å². The average molecular weight is 212 g/mol. The van der Waals surface area contributed by atoms with E-state index in [1.165, 1.54) is 51.7 Å². The summed E-state index contributed by atoms with van der Waals surface area (Å²) in [6.07, 6.45) is 6.92. The minimum Gasteiger partial charge on any atom is -0.314 e. The smallest absolute Gasteiger partial charge is 0.00675 e. The Kier molecular flexibility index (Phi) is 6.26. The standard InChI is InChI=1S/C13H28N2/c1-12(2)11-15(3)10-6-8-13-7-4-5-9-14-13/h12-14H,4-11H2,1-3H3. The molecule has 0 saturated carbocycles. The number of piperidine rings is 1. The summed E-state index contributed by atoms with van der Waals surface area (Å²) < 4.78 is 0. The summed E-state index contributed by atoms with van der Waals surface area (Å²) >= 11 is 0. The van der Waals surface area contributed by atoms with E-state index >= 15 is 0 Å². The molecule has 1 rings (SSSR count). The molecule has 0 radical (unpaired) electrons. The van der Waals surface area contributed by atoms with Gasteiger partial charge in [-0.1, -0.05) is 20.3 Å². The Balaban J connectivity index is 1.99. The topological polar surface area (TPSA) is 15.3 Å². The Hall–Kier alpha value is -0.0800. The van der Waals surface area contributed by atoms with Crippen molar-refractivity contribution in [1.82, 2.24) is 10.2 Å². The van der Waals surface area contributed by atoms with Crippen LogP contribution in [0.1, 0.15) is 46.0 Å². The van der Waals surface area contributed by atoms with Crippen molar-refractivity contribution in [3.05, 3.63) is 0 Å². The molecular weight excluding hydrogens is 184 g/mol. The van der Waals surface area contributed by atoms with E-state index in [1.54, 1.807) is 0 Å². The molecule has 1 atom stereocenters. The highest BCUT2D eigenvalue weighted by molar-refractivity contribution is 4.72. The summed E-state index contributed by atoms with van der Waals surface area (Å²) in [4.78, 5) is 2.47. The lowest BCUT2D eigenvalue weighted by atomic mass is 10.0. The fourth-order valence-corrected chi connectivity index (χ4v) is 2.49. The van der Waals surface area contributed by atoms with Crippen LogP contribution in [0.25, 0.3) is 0 Å². The van der Waals surface area contributed by atoms with Crippen molar-refractivity contribution in [3.8, 4) is 0 Å². The van der Waals surface area contributed by atoms with Gasteiger partial charge < -0.3 is 10.2 Å². The van der Waals surface area contributed by atoms with Crippen LogP contribution in [0.15, 0.2) is 0 Å². The van der Waals surface area contributed by atoms with Crippen molar-refractivity contribution in [3.63, 3.8) is 0 Å². The van der Waals surface area contributed by atoms with E-state index in [0.717, 1.165) is 12.0 Å². The molecular formula is C13H28N2. The summed E-state index contributed by atoms with van der Waals surface area (Å²) in [5.41, 5.74) is 0. The van der Waals surface area contributed by atoms with E-state index in [9.17, 15) is 0 Å². The van der Waals surface area contributed by atoms with Crippen LogP contribution in [0, 0.1) is 5.92 Å². The third-order valence-corrected chi connectivity index (χ3v) is 3.18. The lowest BCUT2D eigenvalue weighted by molar-refractivity contribution is 0.276. The maximum atomic E-state index is 3.62. The van der Waals surface area contributed by atoms with Gasteiger partial charge in [0.15, 0.2) is 0 Å². The Morgan fingerprint density at radius 3 is 2.73 bits per heavy atom. The molecule has 2 nitrogen and oxygen atoms in total. The molecule has 1 aliphatic heterocycles. The van der Waals surface area contributed by atoms with Crippen molar-refractivity contribution in [2.24, 2.45) is 5.92 Å². The first kappa shape index (κ1) is 13.0. The van der Waals surface area contributed by atoms with Crippen molar-refractivity contribution in [1.29, 1.82) is 0 Å². The molecule has 1 heterocycles. The van der Waals surface area contributed by atoms with Gasteiger partial charge in [-0.25, -0.2) is 0 Å². The molecule has 1 aliphatic rings. The summed E-state index contributed by atoms with van der Waals surface area (Å²) in [6, 6.07) is 0.811. The van der Waals surface area contributed by atoms with E-state index in [0.29, 0.717) is 0 Å². The van der Waals surface area contributed by atoms with Crippen LogP contribution in [-0.2, 0) is 0 Å². The van der Waals surface area contributed by atoms with E-state index in [2.05, 4.69) is 31.1 Å². The quantitative estimate of drug-likeness (QED) is 0.728. The SMILES string of the molecule is CC(C)CN(C)CCCC1CCCCN1. The lowest BCUT2D eigenvalue weighted by Gasteiger charge is -2.25.